The van der Waals surface area contributed by atoms with Gasteiger partial charge in [-0.2, -0.15) is 4.31 Å². The molecule has 7 nitrogen and oxygen atoms in total. The van der Waals surface area contributed by atoms with Gasteiger partial charge in [-0.25, -0.2) is 8.42 Å². The summed E-state index contributed by atoms with van der Waals surface area (Å²) in [5, 5.41) is 4.89. The highest BCUT2D eigenvalue weighted by atomic mass is 35.5. The Bertz CT molecular complexity index is 1330. The van der Waals surface area contributed by atoms with Crippen molar-refractivity contribution in [1.82, 2.24) is 14.5 Å². The second-order valence-corrected chi connectivity index (χ2v) is 10.7. The molecule has 10 heteroatoms. The molecule has 0 bridgehead atoms. The summed E-state index contributed by atoms with van der Waals surface area (Å²) in [4.78, 5) is 26.9. The molecule has 0 radical (unpaired) electrons. The number of amides is 2. The van der Waals surface area contributed by atoms with Crippen molar-refractivity contribution in [1.29, 1.82) is 0 Å². The molecule has 1 N–H and O–H groups in total. The summed E-state index contributed by atoms with van der Waals surface area (Å²) in [7, 11) is -1.14. The fourth-order valence-corrected chi connectivity index (χ4v) is 4.98. The summed E-state index contributed by atoms with van der Waals surface area (Å²) in [6, 6.07) is 16.3. The van der Waals surface area contributed by atoms with E-state index in [1.807, 2.05) is 24.3 Å². The molecule has 3 rings (SSSR count). The lowest BCUT2D eigenvalue weighted by molar-refractivity contribution is -0.140. The summed E-state index contributed by atoms with van der Waals surface area (Å²) in [5.74, 6) is -0.914. The van der Waals surface area contributed by atoms with Crippen LogP contribution in [0.15, 0.2) is 65.6 Å². The Labute approximate surface area is 209 Å². The molecule has 0 spiro atoms. The second-order valence-electron chi connectivity index (χ2n) is 7.83. The largest absolute Gasteiger partial charge is 0.357 e. The Kier molecular flexibility index (Phi) is 8.20. The maximum atomic E-state index is 13.2. The van der Waals surface area contributed by atoms with Gasteiger partial charge in [0.05, 0.1) is 21.5 Å². The predicted molar refractivity (Wildman–Crippen MR) is 134 cm³/mol. The van der Waals surface area contributed by atoms with Gasteiger partial charge >= 0.3 is 0 Å². The van der Waals surface area contributed by atoms with Crippen LogP contribution < -0.4 is 5.32 Å². The monoisotopic (exact) mass is 521 g/mol. The molecule has 34 heavy (non-hydrogen) atoms. The minimum Gasteiger partial charge on any atom is -0.357 e. The number of carbonyl (C=O) groups is 2. The minimum absolute atomic E-state index is 0.0498. The van der Waals surface area contributed by atoms with Gasteiger partial charge in [-0.05, 0) is 47.5 Å². The van der Waals surface area contributed by atoms with Crippen molar-refractivity contribution >= 4 is 55.8 Å². The zero-order chi connectivity index (χ0) is 25.0. The van der Waals surface area contributed by atoms with Crippen LogP contribution in [0.4, 0.5) is 0 Å². The second kappa shape index (κ2) is 10.7. The van der Waals surface area contributed by atoms with Gasteiger partial charge in [-0.15, -0.1) is 0 Å². The van der Waals surface area contributed by atoms with Crippen LogP contribution in [0, 0.1) is 0 Å². The Morgan fingerprint density at radius 2 is 1.65 bits per heavy atom. The molecule has 0 aliphatic carbocycles. The van der Waals surface area contributed by atoms with Gasteiger partial charge in [0.25, 0.3) is 0 Å². The normalized spacial score (nSPS) is 12.5. The van der Waals surface area contributed by atoms with Crippen LogP contribution in [-0.2, 0) is 26.2 Å². The number of likely N-dealkylation sites (N-methyl/N-ethyl adjacent to an activating group) is 2. The molecule has 0 saturated heterocycles. The molecule has 3 aromatic rings. The molecule has 0 saturated carbocycles. The molecule has 0 aliphatic heterocycles. The number of nitrogens with one attached hydrogen (secondary N) is 1. The Morgan fingerprint density at radius 1 is 0.971 bits per heavy atom. The molecule has 3 aromatic carbocycles. The van der Waals surface area contributed by atoms with E-state index < -0.39 is 28.5 Å². The molecule has 0 fully saturated rings. The van der Waals surface area contributed by atoms with E-state index in [1.54, 1.807) is 37.3 Å². The quantitative estimate of drug-likeness (QED) is 0.486. The van der Waals surface area contributed by atoms with Crippen LogP contribution in [0.3, 0.4) is 0 Å². The number of benzene rings is 3. The van der Waals surface area contributed by atoms with E-state index in [0.29, 0.717) is 15.6 Å². The molecule has 0 heterocycles. The number of rotatable bonds is 8. The first-order valence-corrected chi connectivity index (χ1v) is 12.6. The predicted octanol–water partition coefficient (Wildman–Crippen LogP) is 3.93. The molecule has 0 unspecified atom stereocenters. The molecule has 0 aliphatic rings. The average molecular weight is 522 g/mol. The fourth-order valence-electron chi connectivity index (χ4n) is 3.50. The number of hydrogen-bond donors (Lipinski definition) is 1. The summed E-state index contributed by atoms with van der Waals surface area (Å²) < 4.78 is 27.3. The third-order valence-electron chi connectivity index (χ3n) is 5.54. The highest BCUT2D eigenvalue weighted by Crippen LogP contribution is 2.24. The van der Waals surface area contributed by atoms with Crippen molar-refractivity contribution in [2.45, 2.75) is 24.4 Å². The van der Waals surface area contributed by atoms with E-state index in [0.717, 1.165) is 15.1 Å². The van der Waals surface area contributed by atoms with Gasteiger partial charge in [0.15, 0.2) is 0 Å². The lowest BCUT2D eigenvalue weighted by Crippen LogP contribution is -2.50. The molecule has 2 amide bonds. The summed E-state index contributed by atoms with van der Waals surface area (Å²) in [5.41, 5.74) is 0.651. The zero-order valence-corrected chi connectivity index (χ0v) is 21.3. The molecular weight excluding hydrogens is 497 g/mol. The Morgan fingerprint density at radius 3 is 2.29 bits per heavy atom. The van der Waals surface area contributed by atoms with Crippen LogP contribution in [0.5, 0.6) is 0 Å². The van der Waals surface area contributed by atoms with Crippen LogP contribution in [0.1, 0.15) is 12.5 Å². The van der Waals surface area contributed by atoms with Crippen LogP contribution in [0.2, 0.25) is 10.0 Å². The van der Waals surface area contributed by atoms with Gasteiger partial charge < -0.3 is 10.2 Å². The van der Waals surface area contributed by atoms with Crippen molar-refractivity contribution in [2.75, 3.05) is 20.6 Å². The van der Waals surface area contributed by atoms with Gasteiger partial charge in [-0.1, -0.05) is 59.6 Å². The standard InChI is InChI=1S/C24H25Cl2N3O4S/c1-16(24(31)27-2)29(14-17-8-11-21(25)22(26)12-17)23(30)15-28(3)34(32,33)20-10-9-18-6-4-5-7-19(18)13-20/h4-13,16H,14-15H2,1-3H3,(H,27,31)/t16-/m0/s1. The number of fused-ring (bicyclic) bond motifs is 1. The summed E-state index contributed by atoms with van der Waals surface area (Å²) >= 11 is 12.1. The van der Waals surface area contributed by atoms with Crippen molar-refractivity contribution < 1.29 is 18.0 Å². The Hall–Kier alpha value is -2.65. The third kappa shape index (κ3) is 5.70. The highest BCUT2D eigenvalue weighted by molar-refractivity contribution is 7.89. The van der Waals surface area contributed by atoms with Gasteiger partial charge in [0.1, 0.15) is 6.04 Å². The smallest absolute Gasteiger partial charge is 0.243 e. The van der Waals surface area contributed by atoms with Gasteiger partial charge in [0.2, 0.25) is 21.8 Å². The van der Waals surface area contributed by atoms with Crippen molar-refractivity contribution in [3.63, 3.8) is 0 Å². The van der Waals surface area contributed by atoms with Crippen molar-refractivity contribution in [3.05, 3.63) is 76.3 Å². The Balaban J connectivity index is 1.86. The van der Waals surface area contributed by atoms with Crippen LogP contribution in [-0.4, -0.2) is 56.1 Å². The highest BCUT2D eigenvalue weighted by Gasteiger charge is 2.30. The zero-order valence-electron chi connectivity index (χ0n) is 19.0. The van der Waals surface area contributed by atoms with Crippen molar-refractivity contribution in [3.8, 4) is 0 Å². The van der Waals surface area contributed by atoms with E-state index >= 15 is 0 Å². The fraction of sp³-hybridized carbons (Fsp3) is 0.250. The molecular formula is C24H25Cl2N3O4S. The van der Waals surface area contributed by atoms with Crippen molar-refractivity contribution in [2.24, 2.45) is 0 Å². The number of carbonyl (C=O) groups excluding carboxylic acids is 2. The number of nitrogens with zero attached hydrogens (tertiary/aromatic N) is 2. The SMILES string of the molecule is CNC(=O)[C@H](C)N(Cc1ccc(Cl)c(Cl)c1)C(=O)CN(C)S(=O)(=O)c1ccc2ccccc2c1. The van der Waals surface area contributed by atoms with Crippen LogP contribution >= 0.6 is 23.2 Å². The first-order valence-electron chi connectivity index (χ1n) is 10.4. The summed E-state index contributed by atoms with van der Waals surface area (Å²) in [6.07, 6.45) is 0. The summed E-state index contributed by atoms with van der Waals surface area (Å²) in [6.45, 7) is 1.18. The van der Waals surface area contributed by atoms with E-state index in [4.69, 9.17) is 23.2 Å². The number of hydrogen-bond acceptors (Lipinski definition) is 4. The van der Waals surface area contributed by atoms with E-state index in [1.165, 1.54) is 25.1 Å². The van der Waals surface area contributed by atoms with Crippen LogP contribution in [0.25, 0.3) is 10.8 Å². The molecule has 1 atom stereocenters. The minimum atomic E-state index is -3.95. The third-order valence-corrected chi connectivity index (χ3v) is 8.08. The van der Waals surface area contributed by atoms with E-state index in [-0.39, 0.29) is 17.3 Å². The average Bonchev–Trinajstić information content (AvgIpc) is 2.83. The number of halogens is 2. The molecule has 180 valence electrons. The van der Waals surface area contributed by atoms with E-state index in [9.17, 15) is 18.0 Å². The maximum Gasteiger partial charge on any atom is 0.243 e. The maximum absolute atomic E-state index is 13.2. The molecule has 0 aromatic heterocycles. The number of sulfonamides is 1. The topological polar surface area (TPSA) is 86.8 Å². The van der Waals surface area contributed by atoms with Gasteiger partial charge in [-0.3, -0.25) is 9.59 Å². The van der Waals surface area contributed by atoms with E-state index in [2.05, 4.69) is 5.32 Å². The first kappa shape index (κ1) is 26.0. The van der Waals surface area contributed by atoms with Gasteiger partial charge in [0, 0.05) is 20.6 Å². The first-order chi connectivity index (χ1) is 16.0. The lowest BCUT2D eigenvalue weighted by atomic mass is 10.1. The lowest BCUT2D eigenvalue weighted by Gasteiger charge is -2.30.